The van der Waals surface area contributed by atoms with E-state index in [4.69, 9.17) is 19.6 Å². The Bertz CT molecular complexity index is 367. The standard InChI is InChI=1S/C9H17O9P/c1-4(11)2-5-7(12)8(13)6(3-10)17-9(5)18-19(14,15)16/h5-10,12-13H,2-3H2,1H3,(H2,14,15,16)/t5-,6-,7-,8-,9-/m1/s1. The molecule has 5 atom stereocenters. The van der Waals surface area contributed by atoms with E-state index in [0.717, 1.165) is 0 Å². The Morgan fingerprint density at radius 3 is 2.32 bits per heavy atom. The predicted molar refractivity (Wildman–Crippen MR) is 59.7 cm³/mol. The third-order valence-electron chi connectivity index (χ3n) is 2.77. The van der Waals surface area contributed by atoms with Gasteiger partial charge < -0.3 is 34.6 Å². The second kappa shape index (κ2) is 6.38. The van der Waals surface area contributed by atoms with E-state index < -0.39 is 44.9 Å². The number of hydrogen-bond donors (Lipinski definition) is 5. The molecule has 0 radical (unpaired) electrons. The fraction of sp³-hybridized carbons (Fsp3) is 0.889. The van der Waals surface area contributed by atoms with Crippen molar-refractivity contribution in [3.05, 3.63) is 0 Å². The maximum atomic E-state index is 11.1. The molecule has 0 spiro atoms. The minimum absolute atomic E-state index is 0.291. The SMILES string of the molecule is CC(=O)C[C@H]1[C@@H](OP(=O)(O)O)O[C@H](CO)[C@@H](O)[C@@H]1O. The molecule has 0 saturated carbocycles. The minimum Gasteiger partial charge on any atom is -0.394 e. The average Bonchev–Trinajstić information content (AvgIpc) is 2.26. The second-order valence-electron chi connectivity index (χ2n) is 4.37. The summed E-state index contributed by atoms with van der Waals surface area (Å²) in [7, 11) is -4.91. The van der Waals surface area contributed by atoms with Crippen LogP contribution in [0.3, 0.4) is 0 Å². The number of ketones is 1. The van der Waals surface area contributed by atoms with E-state index in [1.54, 1.807) is 0 Å². The summed E-state index contributed by atoms with van der Waals surface area (Å²) in [6.07, 6.45) is -6.13. The minimum atomic E-state index is -4.91. The smallest absolute Gasteiger partial charge is 0.394 e. The molecule has 0 amide bonds. The van der Waals surface area contributed by atoms with Crippen LogP contribution in [0.25, 0.3) is 0 Å². The van der Waals surface area contributed by atoms with Gasteiger partial charge in [-0.1, -0.05) is 0 Å². The first-order chi connectivity index (χ1) is 8.65. The third kappa shape index (κ3) is 4.59. The largest absolute Gasteiger partial charge is 0.471 e. The highest BCUT2D eigenvalue weighted by molar-refractivity contribution is 7.46. The van der Waals surface area contributed by atoms with Crippen molar-refractivity contribution in [2.75, 3.05) is 6.61 Å². The Hall–Kier alpha value is -0.380. The molecular formula is C9H17O9P. The van der Waals surface area contributed by atoms with Gasteiger partial charge in [-0.05, 0) is 6.92 Å². The number of carbonyl (C=O) groups is 1. The Morgan fingerprint density at radius 1 is 1.32 bits per heavy atom. The van der Waals surface area contributed by atoms with Gasteiger partial charge in [-0.2, -0.15) is 0 Å². The molecule has 0 aromatic rings. The van der Waals surface area contributed by atoms with Crippen LogP contribution in [-0.4, -0.2) is 62.1 Å². The maximum absolute atomic E-state index is 11.1. The van der Waals surface area contributed by atoms with Crippen LogP contribution in [0.4, 0.5) is 0 Å². The van der Waals surface area contributed by atoms with Gasteiger partial charge in [0.2, 0.25) is 0 Å². The molecule has 0 bridgehead atoms. The van der Waals surface area contributed by atoms with Gasteiger partial charge >= 0.3 is 7.82 Å². The molecule has 1 rings (SSSR count). The van der Waals surface area contributed by atoms with Crippen molar-refractivity contribution in [2.45, 2.75) is 37.9 Å². The van der Waals surface area contributed by atoms with Crippen LogP contribution < -0.4 is 0 Å². The Kier molecular flexibility index (Phi) is 5.60. The first-order valence-corrected chi connectivity index (χ1v) is 7.04. The molecule has 1 fully saturated rings. The number of aliphatic hydroxyl groups is 3. The van der Waals surface area contributed by atoms with Gasteiger partial charge in [0, 0.05) is 12.3 Å². The summed E-state index contributed by atoms with van der Waals surface area (Å²) in [4.78, 5) is 28.6. The normalized spacial score (nSPS) is 36.2. The summed E-state index contributed by atoms with van der Waals surface area (Å²) >= 11 is 0. The fourth-order valence-electron chi connectivity index (χ4n) is 1.93. The van der Waals surface area contributed by atoms with Crippen molar-refractivity contribution >= 4 is 13.6 Å². The molecule has 1 saturated heterocycles. The molecule has 19 heavy (non-hydrogen) atoms. The van der Waals surface area contributed by atoms with Crippen LogP contribution in [0.1, 0.15) is 13.3 Å². The number of carbonyl (C=O) groups excluding carboxylic acids is 1. The zero-order valence-corrected chi connectivity index (χ0v) is 11.0. The summed E-state index contributed by atoms with van der Waals surface area (Å²) in [5.41, 5.74) is 0. The highest BCUT2D eigenvalue weighted by Crippen LogP contribution is 2.42. The van der Waals surface area contributed by atoms with Gasteiger partial charge in [0.05, 0.1) is 12.7 Å². The van der Waals surface area contributed by atoms with Crippen LogP contribution in [0.15, 0.2) is 0 Å². The van der Waals surface area contributed by atoms with E-state index >= 15 is 0 Å². The zero-order chi connectivity index (χ0) is 14.8. The molecule has 10 heteroatoms. The molecule has 112 valence electrons. The molecule has 1 heterocycles. The molecular weight excluding hydrogens is 283 g/mol. The number of phosphoric ester groups is 1. The highest BCUT2D eigenvalue weighted by Gasteiger charge is 2.47. The quantitative estimate of drug-likeness (QED) is 0.367. The van der Waals surface area contributed by atoms with Gasteiger partial charge in [0.15, 0.2) is 6.29 Å². The lowest BCUT2D eigenvalue weighted by Gasteiger charge is -2.41. The van der Waals surface area contributed by atoms with Crippen molar-refractivity contribution in [1.29, 1.82) is 0 Å². The van der Waals surface area contributed by atoms with Gasteiger partial charge in [-0.15, -0.1) is 0 Å². The molecule has 1 aliphatic heterocycles. The third-order valence-corrected chi connectivity index (χ3v) is 3.25. The van der Waals surface area contributed by atoms with Crippen LogP contribution in [0.5, 0.6) is 0 Å². The number of aliphatic hydroxyl groups excluding tert-OH is 3. The van der Waals surface area contributed by atoms with Crippen molar-refractivity contribution in [2.24, 2.45) is 5.92 Å². The summed E-state index contributed by atoms with van der Waals surface area (Å²) in [6, 6.07) is 0. The van der Waals surface area contributed by atoms with E-state index in [0.29, 0.717) is 0 Å². The Labute approximate surface area is 109 Å². The Morgan fingerprint density at radius 2 is 1.89 bits per heavy atom. The zero-order valence-electron chi connectivity index (χ0n) is 10.1. The van der Waals surface area contributed by atoms with E-state index in [-0.39, 0.29) is 12.2 Å². The van der Waals surface area contributed by atoms with Gasteiger partial charge in [-0.3, -0.25) is 4.52 Å². The molecule has 1 aliphatic rings. The summed E-state index contributed by atoms with van der Waals surface area (Å²) in [5, 5.41) is 28.4. The van der Waals surface area contributed by atoms with Crippen LogP contribution in [-0.2, 0) is 18.6 Å². The molecule has 0 unspecified atom stereocenters. The first kappa shape index (κ1) is 16.7. The molecule has 0 aliphatic carbocycles. The van der Waals surface area contributed by atoms with E-state index in [1.165, 1.54) is 6.92 Å². The molecule has 0 aromatic heterocycles. The van der Waals surface area contributed by atoms with Gasteiger partial charge in [-0.25, -0.2) is 4.57 Å². The number of phosphoric acid groups is 1. The predicted octanol–water partition coefficient (Wildman–Crippen LogP) is -1.87. The summed E-state index contributed by atoms with van der Waals surface area (Å²) in [5.74, 6) is -1.51. The number of hydrogen-bond acceptors (Lipinski definition) is 7. The van der Waals surface area contributed by atoms with Gasteiger partial charge in [0.25, 0.3) is 0 Å². The molecule has 5 N–H and O–H groups in total. The first-order valence-electron chi connectivity index (χ1n) is 5.51. The lowest BCUT2D eigenvalue weighted by Crippen LogP contribution is -2.56. The van der Waals surface area contributed by atoms with Crippen molar-refractivity contribution in [1.82, 2.24) is 0 Å². The average molecular weight is 300 g/mol. The second-order valence-corrected chi connectivity index (χ2v) is 5.56. The number of Topliss-reactive ketones (excluding diaryl/α,β-unsaturated/α-hetero) is 1. The van der Waals surface area contributed by atoms with E-state index in [1.807, 2.05) is 0 Å². The van der Waals surface area contributed by atoms with Gasteiger partial charge in [0.1, 0.15) is 18.0 Å². The maximum Gasteiger partial charge on any atom is 0.471 e. The van der Waals surface area contributed by atoms with E-state index in [2.05, 4.69) is 4.52 Å². The fourth-order valence-corrected chi connectivity index (χ4v) is 2.40. The monoisotopic (exact) mass is 300 g/mol. The van der Waals surface area contributed by atoms with Crippen LogP contribution in [0.2, 0.25) is 0 Å². The number of ether oxygens (including phenoxy) is 1. The van der Waals surface area contributed by atoms with E-state index in [9.17, 15) is 19.6 Å². The lowest BCUT2D eigenvalue weighted by atomic mass is 9.87. The molecule has 0 aromatic carbocycles. The van der Waals surface area contributed by atoms with Crippen molar-refractivity contribution in [3.63, 3.8) is 0 Å². The Balaban J connectivity index is 2.92. The van der Waals surface area contributed by atoms with Crippen molar-refractivity contribution in [3.8, 4) is 0 Å². The lowest BCUT2D eigenvalue weighted by molar-refractivity contribution is -0.263. The van der Waals surface area contributed by atoms with Crippen LogP contribution >= 0.6 is 7.82 Å². The van der Waals surface area contributed by atoms with Crippen molar-refractivity contribution < 1.29 is 43.7 Å². The highest BCUT2D eigenvalue weighted by atomic mass is 31.2. The molecule has 9 nitrogen and oxygen atoms in total. The topological polar surface area (TPSA) is 154 Å². The van der Waals surface area contributed by atoms with Crippen LogP contribution in [0, 0.1) is 5.92 Å². The summed E-state index contributed by atoms with van der Waals surface area (Å²) in [6.45, 7) is 0.539. The number of rotatable bonds is 5. The summed E-state index contributed by atoms with van der Waals surface area (Å²) < 4.78 is 20.1.